The lowest BCUT2D eigenvalue weighted by Gasteiger charge is -2.38. The molecule has 0 spiro atoms. The highest BCUT2D eigenvalue weighted by atomic mass is 35.5. The molecule has 1 aliphatic rings. The third-order valence-electron chi connectivity index (χ3n) is 2.62. The van der Waals surface area contributed by atoms with Crippen molar-refractivity contribution in [2.75, 3.05) is 0 Å². The van der Waals surface area contributed by atoms with Crippen LogP contribution in [0.2, 0.25) is 5.02 Å². The van der Waals surface area contributed by atoms with E-state index in [1.807, 2.05) is 13.0 Å². The van der Waals surface area contributed by atoms with Gasteiger partial charge in [-0.3, -0.25) is 4.98 Å². The van der Waals surface area contributed by atoms with Crippen LogP contribution in [0.4, 0.5) is 0 Å². The molecule has 0 amide bonds. The Kier molecular flexibility index (Phi) is 3.24. The number of hydrogen-bond donors (Lipinski definition) is 0. The van der Waals surface area contributed by atoms with Gasteiger partial charge in [0.25, 0.3) is 0 Å². The molecule has 0 aliphatic carbocycles. The topological polar surface area (TPSA) is 31.4 Å². The van der Waals surface area contributed by atoms with E-state index in [0.717, 1.165) is 11.9 Å². The molecule has 0 N–H and O–H groups in total. The predicted molar refractivity (Wildman–Crippen MR) is 65.0 cm³/mol. The smallest absolute Gasteiger partial charge is 0.405 e. The first kappa shape index (κ1) is 11.9. The summed E-state index contributed by atoms with van der Waals surface area (Å²) in [6.07, 6.45) is 4.35. The molecule has 1 fully saturated rings. The van der Waals surface area contributed by atoms with Crippen LogP contribution in [0.3, 0.4) is 0 Å². The lowest BCUT2D eigenvalue weighted by Crippen LogP contribution is -2.52. The summed E-state index contributed by atoms with van der Waals surface area (Å²) in [6.45, 7) is 6.18. The fourth-order valence-corrected chi connectivity index (χ4v) is 2.24. The molecule has 16 heavy (non-hydrogen) atoms. The standard InChI is InChI=1S/C11H15BClNO2/c1-8-6-11(2,3)16-12(15-8)9-4-5-14-7-10(9)13/h4-5,7-8H,6H2,1-3H3. The normalized spacial score (nSPS) is 24.5. The summed E-state index contributed by atoms with van der Waals surface area (Å²) in [4.78, 5) is 3.95. The summed E-state index contributed by atoms with van der Waals surface area (Å²) >= 11 is 6.08. The second-order valence-electron chi connectivity index (χ2n) is 4.76. The van der Waals surface area contributed by atoms with Crippen molar-refractivity contribution in [2.45, 2.75) is 38.9 Å². The Balaban J connectivity index is 2.25. The van der Waals surface area contributed by atoms with Crippen LogP contribution in [0.15, 0.2) is 18.5 Å². The highest BCUT2D eigenvalue weighted by molar-refractivity contribution is 6.65. The van der Waals surface area contributed by atoms with Gasteiger partial charge in [0.05, 0.1) is 10.6 Å². The third-order valence-corrected chi connectivity index (χ3v) is 2.93. The van der Waals surface area contributed by atoms with Crippen LogP contribution in [0, 0.1) is 0 Å². The van der Waals surface area contributed by atoms with Crippen molar-refractivity contribution in [1.82, 2.24) is 4.98 Å². The van der Waals surface area contributed by atoms with Gasteiger partial charge in [-0.15, -0.1) is 0 Å². The fourth-order valence-electron chi connectivity index (χ4n) is 2.03. The summed E-state index contributed by atoms with van der Waals surface area (Å²) < 4.78 is 11.6. The molecule has 1 atom stereocenters. The van der Waals surface area contributed by atoms with Gasteiger partial charge < -0.3 is 9.31 Å². The van der Waals surface area contributed by atoms with Crippen LogP contribution >= 0.6 is 11.6 Å². The van der Waals surface area contributed by atoms with Gasteiger partial charge in [-0.2, -0.15) is 0 Å². The zero-order chi connectivity index (χ0) is 11.8. The van der Waals surface area contributed by atoms with Gasteiger partial charge in [0, 0.05) is 24.0 Å². The van der Waals surface area contributed by atoms with E-state index in [4.69, 9.17) is 20.9 Å². The summed E-state index contributed by atoms with van der Waals surface area (Å²) in [7, 11) is -0.394. The summed E-state index contributed by atoms with van der Waals surface area (Å²) in [5.41, 5.74) is 0.658. The number of aromatic nitrogens is 1. The van der Waals surface area contributed by atoms with Crippen LogP contribution in [-0.2, 0) is 9.31 Å². The molecular weight excluding hydrogens is 224 g/mol. The monoisotopic (exact) mass is 239 g/mol. The summed E-state index contributed by atoms with van der Waals surface area (Å²) in [6, 6.07) is 1.83. The highest BCUT2D eigenvalue weighted by Gasteiger charge is 2.39. The van der Waals surface area contributed by atoms with Gasteiger partial charge in [0.15, 0.2) is 0 Å². The number of pyridine rings is 1. The highest BCUT2D eigenvalue weighted by Crippen LogP contribution is 2.26. The van der Waals surface area contributed by atoms with Gasteiger partial charge in [-0.1, -0.05) is 11.6 Å². The molecule has 3 nitrogen and oxygen atoms in total. The molecule has 1 saturated heterocycles. The maximum atomic E-state index is 6.08. The van der Waals surface area contributed by atoms with Crippen molar-refractivity contribution in [1.29, 1.82) is 0 Å². The van der Waals surface area contributed by atoms with Crippen molar-refractivity contribution in [3.05, 3.63) is 23.5 Å². The molecular formula is C11H15BClNO2. The van der Waals surface area contributed by atoms with E-state index in [0.29, 0.717) is 5.02 Å². The molecule has 0 saturated carbocycles. The quantitative estimate of drug-likeness (QED) is 0.703. The average molecular weight is 240 g/mol. The Morgan fingerprint density at radius 2 is 2.31 bits per heavy atom. The number of hydrogen-bond acceptors (Lipinski definition) is 3. The molecule has 1 aromatic heterocycles. The van der Waals surface area contributed by atoms with E-state index in [1.165, 1.54) is 0 Å². The Labute approximate surface area is 101 Å². The molecule has 1 aliphatic heterocycles. The Morgan fingerprint density at radius 3 is 2.94 bits per heavy atom. The summed E-state index contributed by atoms with van der Waals surface area (Å²) in [5.74, 6) is 0. The van der Waals surface area contributed by atoms with E-state index in [9.17, 15) is 0 Å². The largest absolute Gasteiger partial charge is 0.496 e. The van der Waals surface area contributed by atoms with Crippen LogP contribution in [0.1, 0.15) is 27.2 Å². The Hall–Kier alpha value is -0.575. The van der Waals surface area contributed by atoms with E-state index < -0.39 is 7.12 Å². The minimum absolute atomic E-state index is 0.165. The van der Waals surface area contributed by atoms with Crippen molar-refractivity contribution >= 4 is 24.2 Å². The molecule has 5 heteroatoms. The second-order valence-corrected chi connectivity index (χ2v) is 5.16. The molecule has 86 valence electrons. The van der Waals surface area contributed by atoms with Crippen molar-refractivity contribution in [3.63, 3.8) is 0 Å². The fraction of sp³-hybridized carbons (Fsp3) is 0.545. The maximum absolute atomic E-state index is 6.08. The van der Waals surface area contributed by atoms with Gasteiger partial charge in [0.2, 0.25) is 0 Å². The first-order valence-corrected chi connectivity index (χ1v) is 5.78. The van der Waals surface area contributed by atoms with Gasteiger partial charge in [0.1, 0.15) is 0 Å². The molecule has 1 unspecified atom stereocenters. The van der Waals surface area contributed by atoms with E-state index in [2.05, 4.69) is 18.8 Å². The predicted octanol–water partition coefficient (Wildman–Crippen LogP) is 2.03. The number of nitrogens with zero attached hydrogens (tertiary/aromatic N) is 1. The molecule has 0 radical (unpaired) electrons. The van der Waals surface area contributed by atoms with Crippen molar-refractivity contribution in [2.24, 2.45) is 0 Å². The molecule has 2 heterocycles. The first-order chi connectivity index (χ1) is 7.48. The van der Waals surface area contributed by atoms with Gasteiger partial charge in [-0.25, -0.2) is 0 Å². The second kappa shape index (κ2) is 4.36. The van der Waals surface area contributed by atoms with Gasteiger partial charge >= 0.3 is 7.12 Å². The average Bonchev–Trinajstić information content (AvgIpc) is 2.15. The minimum Gasteiger partial charge on any atom is -0.405 e. The van der Waals surface area contributed by atoms with E-state index in [-0.39, 0.29) is 11.7 Å². The van der Waals surface area contributed by atoms with Crippen molar-refractivity contribution in [3.8, 4) is 0 Å². The van der Waals surface area contributed by atoms with Crippen molar-refractivity contribution < 1.29 is 9.31 Å². The lowest BCUT2D eigenvalue weighted by atomic mass is 9.75. The van der Waals surface area contributed by atoms with Crippen LogP contribution < -0.4 is 5.46 Å². The third kappa shape index (κ3) is 2.57. The minimum atomic E-state index is -0.394. The van der Waals surface area contributed by atoms with Crippen LogP contribution in [0.25, 0.3) is 0 Å². The van der Waals surface area contributed by atoms with Gasteiger partial charge in [-0.05, 0) is 33.3 Å². The molecule has 0 aromatic carbocycles. The SMILES string of the molecule is CC1CC(C)(C)OB(c2ccncc2Cl)O1. The number of rotatable bonds is 1. The summed E-state index contributed by atoms with van der Waals surface area (Å²) in [5, 5.41) is 0.581. The lowest BCUT2D eigenvalue weighted by molar-refractivity contribution is -0.0229. The van der Waals surface area contributed by atoms with Crippen LogP contribution in [-0.4, -0.2) is 23.8 Å². The zero-order valence-corrected chi connectivity index (χ0v) is 10.5. The molecule has 1 aromatic rings. The van der Waals surface area contributed by atoms with E-state index in [1.54, 1.807) is 12.4 Å². The zero-order valence-electron chi connectivity index (χ0n) is 9.74. The maximum Gasteiger partial charge on any atom is 0.496 e. The van der Waals surface area contributed by atoms with E-state index >= 15 is 0 Å². The molecule has 2 rings (SSSR count). The van der Waals surface area contributed by atoms with Crippen LogP contribution in [0.5, 0.6) is 0 Å². The Bertz CT molecular complexity index is 386. The first-order valence-electron chi connectivity index (χ1n) is 5.41. The molecule has 0 bridgehead atoms. The number of halogens is 1. The Morgan fingerprint density at radius 1 is 1.56 bits per heavy atom.